The van der Waals surface area contributed by atoms with Gasteiger partial charge in [0.05, 0.1) is 0 Å². The summed E-state index contributed by atoms with van der Waals surface area (Å²) < 4.78 is 6.65. The molecule has 2 rings (SSSR count). The van der Waals surface area contributed by atoms with Crippen LogP contribution in [0.25, 0.3) is 0 Å². The van der Waals surface area contributed by atoms with Gasteiger partial charge in [-0.1, -0.05) is 18.2 Å². The summed E-state index contributed by atoms with van der Waals surface area (Å²) in [6.45, 7) is 10.6. The van der Waals surface area contributed by atoms with E-state index < -0.39 is 5.60 Å². The van der Waals surface area contributed by atoms with Crippen LogP contribution in [-0.2, 0) is 11.3 Å². The van der Waals surface area contributed by atoms with E-state index in [1.807, 2.05) is 20.8 Å². The number of hydrogen-bond acceptors (Lipinski definition) is 3. The molecular formula is C17H25IN2O2. The topological polar surface area (TPSA) is 41.6 Å². The highest BCUT2D eigenvalue weighted by molar-refractivity contribution is 14.1. The summed E-state index contributed by atoms with van der Waals surface area (Å²) in [5.74, 6) is 0. The van der Waals surface area contributed by atoms with Gasteiger partial charge in [0.1, 0.15) is 5.60 Å². The fourth-order valence-electron chi connectivity index (χ4n) is 2.64. The number of likely N-dealkylation sites (tertiary alicyclic amines) is 1. The molecule has 1 aliphatic heterocycles. The molecule has 1 saturated heterocycles. The first-order valence-corrected chi connectivity index (χ1v) is 8.78. The van der Waals surface area contributed by atoms with Gasteiger partial charge >= 0.3 is 6.09 Å². The molecule has 5 heteroatoms. The van der Waals surface area contributed by atoms with Crippen molar-refractivity contribution in [2.24, 2.45) is 0 Å². The Morgan fingerprint density at radius 1 is 1.45 bits per heavy atom. The Morgan fingerprint density at radius 2 is 2.18 bits per heavy atom. The number of ether oxygens (including phenoxy) is 1. The minimum atomic E-state index is -0.444. The molecule has 4 nitrogen and oxygen atoms in total. The van der Waals surface area contributed by atoms with Crippen LogP contribution in [0, 0.1) is 10.5 Å². The van der Waals surface area contributed by atoms with Crippen molar-refractivity contribution in [1.82, 2.24) is 10.2 Å². The highest BCUT2D eigenvalue weighted by atomic mass is 127. The molecule has 1 fully saturated rings. The van der Waals surface area contributed by atoms with E-state index in [9.17, 15) is 4.79 Å². The second-order valence-electron chi connectivity index (χ2n) is 6.91. The summed E-state index contributed by atoms with van der Waals surface area (Å²) in [5, 5.41) is 2.97. The molecule has 0 aromatic heterocycles. The lowest BCUT2D eigenvalue weighted by Crippen LogP contribution is -2.40. The molecule has 0 bridgehead atoms. The predicted octanol–water partition coefficient (Wildman–Crippen LogP) is 3.70. The predicted molar refractivity (Wildman–Crippen MR) is 96.9 cm³/mol. The number of amides is 1. The smallest absolute Gasteiger partial charge is 0.407 e. The van der Waals surface area contributed by atoms with Crippen LogP contribution in [0.4, 0.5) is 4.79 Å². The number of carbonyl (C=O) groups excluding carboxylic acids is 1. The molecule has 1 atom stereocenters. The molecule has 0 spiro atoms. The summed E-state index contributed by atoms with van der Waals surface area (Å²) in [6, 6.07) is 6.61. The van der Waals surface area contributed by atoms with E-state index in [2.05, 4.69) is 57.9 Å². The van der Waals surface area contributed by atoms with E-state index >= 15 is 0 Å². The normalized spacial score (nSPS) is 19.2. The number of nitrogens with one attached hydrogen (secondary N) is 1. The van der Waals surface area contributed by atoms with Crippen LogP contribution in [-0.4, -0.2) is 35.7 Å². The van der Waals surface area contributed by atoms with Crippen molar-refractivity contribution in [2.75, 3.05) is 13.1 Å². The first-order chi connectivity index (χ1) is 10.2. The molecule has 1 N–H and O–H groups in total. The molecule has 1 aliphatic rings. The summed E-state index contributed by atoms with van der Waals surface area (Å²) in [6.07, 6.45) is 0.659. The van der Waals surface area contributed by atoms with Crippen molar-refractivity contribution in [2.45, 2.75) is 52.3 Å². The van der Waals surface area contributed by atoms with Gasteiger partial charge in [-0.05, 0) is 67.8 Å². The van der Waals surface area contributed by atoms with Gasteiger partial charge in [-0.3, -0.25) is 4.90 Å². The summed E-state index contributed by atoms with van der Waals surface area (Å²) >= 11 is 2.41. The number of aryl methyl sites for hydroxylation is 1. The summed E-state index contributed by atoms with van der Waals surface area (Å²) in [4.78, 5) is 14.2. The Morgan fingerprint density at radius 3 is 2.86 bits per heavy atom. The molecule has 1 aromatic carbocycles. The number of hydrogen-bond donors (Lipinski definition) is 1. The van der Waals surface area contributed by atoms with Gasteiger partial charge in [0.15, 0.2) is 0 Å². The Kier molecular flexibility index (Phi) is 5.71. The molecule has 1 amide bonds. The van der Waals surface area contributed by atoms with Crippen LogP contribution in [0.5, 0.6) is 0 Å². The van der Waals surface area contributed by atoms with Gasteiger partial charge in [0.25, 0.3) is 0 Å². The maximum atomic E-state index is 11.8. The number of carbonyl (C=O) groups is 1. The van der Waals surface area contributed by atoms with Crippen LogP contribution < -0.4 is 5.32 Å². The zero-order valence-corrected chi connectivity index (χ0v) is 15.9. The molecule has 1 aromatic rings. The first-order valence-electron chi connectivity index (χ1n) is 7.70. The van der Waals surface area contributed by atoms with Crippen molar-refractivity contribution < 1.29 is 9.53 Å². The zero-order chi connectivity index (χ0) is 16.3. The van der Waals surface area contributed by atoms with Crippen LogP contribution in [0.2, 0.25) is 0 Å². The number of nitrogens with zero attached hydrogens (tertiary/aromatic N) is 1. The average Bonchev–Trinajstić information content (AvgIpc) is 2.80. The molecular weight excluding hydrogens is 391 g/mol. The number of halogens is 1. The van der Waals surface area contributed by atoms with Crippen molar-refractivity contribution in [3.63, 3.8) is 0 Å². The highest BCUT2D eigenvalue weighted by Crippen LogP contribution is 2.21. The molecule has 122 valence electrons. The maximum absolute atomic E-state index is 11.8. The van der Waals surface area contributed by atoms with E-state index in [4.69, 9.17) is 4.74 Å². The van der Waals surface area contributed by atoms with Crippen molar-refractivity contribution in [3.05, 3.63) is 32.9 Å². The molecule has 22 heavy (non-hydrogen) atoms. The number of alkyl carbamates (subject to hydrolysis) is 1. The fraction of sp³-hybridized carbons (Fsp3) is 0.588. The maximum Gasteiger partial charge on any atom is 0.407 e. The van der Waals surface area contributed by atoms with Gasteiger partial charge in [-0.15, -0.1) is 0 Å². The van der Waals surface area contributed by atoms with E-state index in [0.29, 0.717) is 0 Å². The van der Waals surface area contributed by atoms with Crippen molar-refractivity contribution in [3.8, 4) is 0 Å². The second kappa shape index (κ2) is 7.17. The number of rotatable bonds is 3. The Bertz CT molecular complexity index is 540. The molecule has 1 unspecified atom stereocenters. The van der Waals surface area contributed by atoms with Crippen LogP contribution in [0.3, 0.4) is 0 Å². The van der Waals surface area contributed by atoms with E-state index in [1.54, 1.807) is 0 Å². The lowest BCUT2D eigenvalue weighted by atomic mass is 10.1. The third kappa shape index (κ3) is 5.12. The van der Waals surface area contributed by atoms with Gasteiger partial charge in [0.2, 0.25) is 0 Å². The first kappa shape index (κ1) is 17.5. The summed E-state index contributed by atoms with van der Waals surface area (Å²) in [5.41, 5.74) is 2.24. The second-order valence-corrected chi connectivity index (χ2v) is 7.99. The van der Waals surface area contributed by atoms with Gasteiger partial charge in [-0.2, -0.15) is 0 Å². The Balaban J connectivity index is 1.85. The average molecular weight is 416 g/mol. The minimum absolute atomic E-state index is 0.178. The van der Waals surface area contributed by atoms with Crippen molar-refractivity contribution >= 4 is 28.7 Å². The lowest BCUT2D eigenvalue weighted by molar-refractivity contribution is 0.0506. The van der Waals surface area contributed by atoms with E-state index in [0.717, 1.165) is 26.1 Å². The SMILES string of the molecule is Cc1cccc(CN2CCC(NC(=O)OC(C)(C)C)C2)c1I. The highest BCUT2D eigenvalue weighted by Gasteiger charge is 2.26. The monoisotopic (exact) mass is 416 g/mol. The van der Waals surface area contributed by atoms with Crippen LogP contribution in [0.15, 0.2) is 18.2 Å². The van der Waals surface area contributed by atoms with E-state index in [1.165, 1.54) is 14.7 Å². The Labute approximate surface area is 146 Å². The molecule has 0 aliphatic carbocycles. The third-order valence-corrected chi connectivity index (χ3v) is 5.20. The lowest BCUT2D eigenvalue weighted by Gasteiger charge is -2.22. The van der Waals surface area contributed by atoms with Crippen molar-refractivity contribution in [1.29, 1.82) is 0 Å². The third-order valence-electron chi connectivity index (χ3n) is 3.66. The quantitative estimate of drug-likeness (QED) is 0.765. The fourth-order valence-corrected chi connectivity index (χ4v) is 3.17. The summed E-state index contributed by atoms with van der Waals surface area (Å²) in [7, 11) is 0. The number of benzene rings is 1. The Hall–Kier alpha value is -0.820. The van der Waals surface area contributed by atoms with Crippen LogP contribution in [0.1, 0.15) is 38.3 Å². The van der Waals surface area contributed by atoms with E-state index in [-0.39, 0.29) is 12.1 Å². The van der Waals surface area contributed by atoms with Crippen LogP contribution >= 0.6 is 22.6 Å². The van der Waals surface area contributed by atoms with Gasteiger partial charge < -0.3 is 10.1 Å². The molecule has 0 radical (unpaired) electrons. The molecule has 1 heterocycles. The standard InChI is InChI=1S/C17H25IN2O2/c1-12-6-5-7-13(15(12)18)10-20-9-8-14(11-20)19-16(21)22-17(2,3)4/h5-7,14H,8-11H2,1-4H3,(H,19,21). The zero-order valence-electron chi connectivity index (χ0n) is 13.8. The van der Waals surface area contributed by atoms with Gasteiger partial charge in [0, 0.05) is 29.2 Å². The molecule has 0 saturated carbocycles. The minimum Gasteiger partial charge on any atom is -0.444 e. The largest absolute Gasteiger partial charge is 0.444 e. The van der Waals surface area contributed by atoms with Gasteiger partial charge in [-0.25, -0.2) is 4.79 Å².